The molecule has 2 aliphatic carbocycles. The Bertz CT molecular complexity index is 560. The first-order valence-corrected chi connectivity index (χ1v) is 9.14. The van der Waals surface area contributed by atoms with Crippen molar-refractivity contribution in [1.29, 1.82) is 0 Å². The lowest BCUT2D eigenvalue weighted by atomic mass is 9.83. The number of anilines is 2. The van der Waals surface area contributed by atoms with Crippen LogP contribution in [0.1, 0.15) is 38.5 Å². The number of nitrogens with two attached hydrogens (primary N) is 1. The number of sulfone groups is 1. The zero-order chi connectivity index (χ0) is 13.5. The van der Waals surface area contributed by atoms with Gasteiger partial charge >= 0.3 is 0 Å². The molecule has 1 aromatic heterocycles. The van der Waals surface area contributed by atoms with E-state index in [9.17, 15) is 8.42 Å². The molecule has 2 fully saturated rings. The van der Waals surface area contributed by atoms with Crippen molar-refractivity contribution in [3.05, 3.63) is 0 Å². The van der Waals surface area contributed by atoms with E-state index < -0.39 is 9.84 Å². The van der Waals surface area contributed by atoms with Crippen LogP contribution in [0.2, 0.25) is 0 Å². The molecule has 3 N–H and O–H groups in total. The van der Waals surface area contributed by atoms with Crippen molar-refractivity contribution in [3.8, 4) is 0 Å². The fourth-order valence-electron chi connectivity index (χ4n) is 2.40. The number of rotatable bonds is 6. The van der Waals surface area contributed by atoms with E-state index in [2.05, 4.69) is 9.69 Å². The molecule has 1 heterocycles. The van der Waals surface area contributed by atoms with Gasteiger partial charge < -0.3 is 11.1 Å². The molecule has 0 aromatic carbocycles. The monoisotopic (exact) mass is 301 g/mol. The van der Waals surface area contributed by atoms with E-state index in [4.69, 9.17) is 5.73 Å². The Morgan fingerprint density at radius 2 is 2.05 bits per heavy atom. The maximum Gasteiger partial charge on any atom is 0.187 e. The Kier molecular flexibility index (Phi) is 3.42. The zero-order valence-corrected chi connectivity index (χ0v) is 12.4. The summed E-state index contributed by atoms with van der Waals surface area (Å²) >= 11 is 1.16. The van der Waals surface area contributed by atoms with Crippen LogP contribution in [0.25, 0.3) is 0 Å². The summed E-state index contributed by atoms with van der Waals surface area (Å²) in [7, 11) is -3.27. The van der Waals surface area contributed by atoms with Gasteiger partial charge in [-0.15, -0.1) is 0 Å². The maximum atomic E-state index is 12.3. The van der Waals surface area contributed by atoms with Crippen molar-refractivity contribution in [2.24, 2.45) is 5.92 Å². The van der Waals surface area contributed by atoms with Gasteiger partial charge in [0.2, 0.25) is 0 Å². The van der Waals surface area contributed by atoms with E-state index in [1.165, 1.54) is 19.3 Å². The number of hydrogen-bond donors (Lipinski definition) is 2. The molecular weight excluding hydrogens is 282 g/mol. The van der Waals surface area contributed by atoms with E-state index >= 15 is 0 Å². The lowest BCUT2D eigenvalue weighted by molar-refractivity contribution is 0.303. The third-order valence-corrected chi connectivity index (χ3v) is 7.26. The molecular formula is C12H19N3O2S2. The molecule has 2 saturated carbocycles. The van der Waals surface area contributed by atoms with Crippen molar-refractivity contribution in [2.75, 3.05) is 17.6 Å². The van der Waals surface area contributed by atoms with Gasteiger partial charge in [0, 0.05) is 6.54 Å². The first kappa shape index (κ1) is 13.2. The van der Waals surface area contributed by atoms with E-state index in [1.54, 1.807) is 0 Å². The molecule has 0 unspecified atom stereocenters. The second-order valence-electron chi connectivity index (χ2n) is 5.48. The van der Waals surface area contributed by atoms with Gasteiger partial charge in [-0.05, 0) is 36.7 Å². The van der Waals surface area contributed by atoms with Crippen LogP contribution >= 0.6 is 11.5 Å². The molecule has 0 amide bonds. The van der Waals surface area contributed by atoms with Crippen LogP contribution in [0.15, 0.2) is 4.90 Å². The topological polar surface area (TPSA) is 85.1 Å². The van der Waals surface area contributed by atoms with Crippen LogP contribution < -0.4 is 11.1 Å². The van der Waals surface area contributed by atoms with Gasteiger partial charge in [0.05, 0.1) is 5.25 Å². The summed E-state index contributed by atoms with van der Waals surface area (Å²) in [6.07, 6.45) is 6.54. The Morgan fingerprint density at radius 3 is 2.63 bits per heavy atom. The molecule has 2 aliphatic rings. The molecule has 0 bridgehead atoms. The van der Waals surface area contributed by atoms with E-state index in [1.807, 2.05) is 0 Å². The third kappa shape index (κ3) is 2.58. The van der Waals surface area contributed by atoms with E-state index in [0.717, 1.165) is 43.3 Å². The molecule has 19 heavy (non-hydrogen) atoms. The summed E-state index contributed by atoms with van der Waals surface area (Å²) in [5, 5.41) is 3.61. The standard InChI is InChI=1S/C12H19N3O2S2/c13-11-10(19(16,17)9-4-5-9)12(18-15-11)14-7-6-8-2-1-3-8/h8-9,14H,1-7H2,(H2,13,15). The average molecular weight is 301 g/mol. The summed E-state index contributed by atoms with van der Waals surface area (Å²) < 4.78 is 28.6. The summed E-state index contributed by atoms with van der Waals surface area (Å²) in [5.74, 6) is 0.962. The number of aromatic nitrogens is 1. The van der Waals surface area contributed by atoms with Crippen molar-refractivity contribution >= 4 is 32.2 Å². The molecule has 0 atom stereocenters. The quantitative estimate of drug-likeness (QED) is 0.842. The molecule has 0 aliphatic heterocycles. The van der Waals surface area contributed by atoms with Crippen LogP contribution in [0.5, 0.6) is 0 Å². The van der Waals surface area contributed by atoms with Gasteiger partial charge in [0.25, 0.3) is 0 Å². The number of nitrogens with one attached hydrogen (secondary N) is 1. The van der Waals surface area contributed by atoms with Gasteiger partial charge in [0.1, 0.15) is 9.90 Å². The van der Waals surface area contributed by atoms with Crippen molar-refractivity contribution < 1.29 is 8.42 Å². The largest absolute Gasteiger partial charge is 0.382 e. The highest BCUT2D eigenvalue weighted by Gasteiger charge is 2.40. The van der Waals surface area contributed by atoms with E-state index in [-0.39, 0.29) is 16.0 Å². The maximum absolute atomic E-state index is 12.3. The molecule has 0 radical (unpaired) electrons. The second-order valence-corrected chi connectivity index (χ2v) is 8.42. The lowest BCUT2D eigenvalue weighted by Crippen LogP contribution is -2.16. The fourth-order valence-corrected chi connectivity index (χ4v) is 5.31. The molecule has 0 saturated heterocycles. The SMILES string of the molecule is Nc1nsc(NCCC2CCC2)c1S(=O)(=O)C1CC1. The summed E-state index contributed by atoms with van der Waals surface area (Å²) in [4.78, 5) is 0.244. The van der Waals surface area contributed by atoms with Crippen LogP contribution in [0, 0.1) is 5.92 Å². The predicted molar refractivity (Wildman–Crippen MR) is 77.2 cm³/mol. The summed E-state index contributed by atoms with van der Waals surface area (Å²) in [6.45, 7) is 0.805. The van der Waals surface area contributed by atoms with Crippen LogP contribution in [0.3, 0.4) is 0 Å². The number of nitrogens with zero attached hydrogens (tertiary/aromatic N) is 1. The third-order valence-electron chi connectivity index (χ3n) is 3.98. The fraction of sp³-hybridized carbons (Fsp3) is 0.750. The van der Waals surface area contributed by atoms with Crippen molar-refractivity contribution in [2.45, 2.75) is 48.7 Å². The first-order chi connectivity index (χ1) is 9.09. The number of hydrogen-bond acceptors (Lipinski definition) is 6. The summed E-state index contributed by atoms with van der Waals surface area (Å²) in [6, 6.07) is 0. The first-order valence-electron chi connectivity index (χ1n) is 6.82. The van der Waals surface area contributed by atoms with Crippen molar-refractivity contribution in [1.82, 2.24) is 4.37 Å². The van der Waals surface area contributed by atoms with Gasteiger partial charge in [-0.2, -0.15) is 4.37 Å². The molecule has 0 spiro atoms. The minimum atomic E-state index is -3.27. The number of nitrogen functional groups attached to an aromatic ring is 1. The lowest BCUT2D eigenvalue weighted by Gasteiger charge is -2.25. The Hall–Kier alpha value is -0.820. The highest BCUT2D eigenvalue weighted by atomic mass is 32.2. The Balaban J connectivity index is 1.70. The highest BCUT2D eigenvalue weighted by Crippen LogP contribution is 2.41. The Labute approximate surface area is 117 Å². The molecule has 3 rings (SSSR count). The second kappa shape index (κ2) is 4.94. The predicted octanol–water partition coefficient (Wildman–Crippen LogP) is 2.26. The van der Waals surface area contributed by atoms with Crippen LogP contribution in [0.4, 0.5) is 10.8 Å². The van der Waals surface area contributed by atoms with Crippen LogP contribution in [-0.2, 0) is 9.84 Å². The minimum absolute atomic E-state index is 0.156. The van der Waals surface area contributed by atoms with Gasteiger partial charge in [-0.25, -0.2) is 8.42 Å². The summed E-state index contributed by atoms with van der Waals surface area (Å²) in [5.41, 5.74) is 5.74. The highest BCUT2D eigenvalue weighted by molar-refractivity contribution is 7.92. The molecule has 106 valence electrons. The zero-order valence-electron chi connectivity index (χ0n) is 10.8. The van der Waals surface area contributed by atoms with Gasteiger partial charge in [0.15, 0.2) is 15.7 Å². The Morgan fingerprint density at radius 1 is 1.32 bits per heavy atom. The normalized spacial score (nSPS) is 20.2. The van der Waals surface area contributed by atoms with E-state index in [0.29, 0.717) is 5.00 Å². The molecule has 7 heteroatoms. The molecule has 1 aromatic rings. The van der Waals surface area contributed by atoms with Crippen LogP contribution in [-0.4, -0.2) is 24.6 Å². The average Bonchev–Trinajstić information content (AvgIpc) is 3.08. The van der Waals surface area contributed by atoms with Crippen molar-refractivity contribution in [3.63, 3.8) is 0 Å². The van der Waals surface area contributed by atoms with Gasteiger partial charge in [-0.1, -0.05) is 19.3 Å². The smallest absolute Gasteiger partial charge is 0.187 e. The minimum Gasteiger partial charge on any atom is -0.382 e. The molecule has 5 nitrogen and oxygen atoms in total. The van der Waals surface area contributed by atoms with Gasteiger partial charge in [-0.3, -0.25) is 0 Å².